The zero-order valence-corrected chi connectivity index (χ0v) is 12.7. The van der Waals surface area contributed by atoms with E-state index in [1.807, 2.05) is 0 Å². The first kappa shape index (κ1) is 14.5. The molecule has 0 unspecified atom stereocenters. The lowest BCUT2D eigenvalue weighted by Gasteiger charge is -2.06. The molecule has 2 aromatic carbocycles. The van der Waals surface area contributed by atoms with Crippen LogP contribution in [0.2, 0.25) is 10.0 Å². The molecule has 98 valence electrons. The third-order valence-electron chi connectivity index (χ3n) is 2.64. The Balaban J connectivity index is 2.28. The van der Waals surface area contributed by atoms with E-state index in [-0.39, 0.29) is 17.8 Å². The van der Waals surface area contributed by atoms with Crippen molar-refractivity contribution in [3.05, 3.63) is 67.9 Å². The number of carbonyl (C=O) groups is 1. The topological polar surface area (TPSA) is 17.1 Å². The molecule has 0 aliphatic carbocycles. The highest BCUT2D eigenvalue weighted by molar-refractivity contribution is 9.10. The minimum atomic E-state index is -0.476. The maximum atomic E-state index is 13.4. The Labute approximate surface area is 128 Å². The summed E-state index contributed by atoms with van der Waals surface area (Å²) in [6.45, 7) is 0. The van der Waals surface area contributed by atoms with Gasteiger partial charge in [-0.15, -0.1) is 0 Å². The van der Waals surface area contributed by atoms with Crippen LogP contribution in [0.15, 0.2) is 40.9 Å². The normalized spacial score (nSPS) is 10.5. The first-order chi connectivity index (χ1) is 8.99. The average Bonchev–Trinajstić information content (AvgIpc) is 2.37. The van der Waals surface area contributed by atoms with Crippen LogP contribution in [0.25, 0.3) is 0 Å². The second-order valence-corrected chi connectivity index (χ2v) is 5.60. The first-order valence-corrected chi connectivity index (χ1v) is 6.95. The van der Waals surface area contributed by atoms with Crippen LogP contribution in [0.1, 0.15) is 15.9 Å². The molecule has 0 aliphatic rings. The molecule has 0 bridgehead atoms. The number of rotatable bonds is 3. The predicted molar refractivity (Wildman–Crippen MR) is 78.6 cm³/mol. The van der Waals surface area contributed by atoms with Crippen molar-refractivity contribution < 1.29 is 9.18 Å². The molecular weight excluding hydrogens is 354 g/mol. The fourth-order valence-corrected chi connectivity index (χ4v) is 2.41. The van der Waals surface area contributed by atoms with Gasteiger partial charge in [-0.3, -0.25) is 4.79 Å². The molecule has 0 fully saturated rings. The molecule has 0 radical (unpaired) electrons. The largest absolute Gasteiger partial charge is 0.294 e. The van der Waals surface area contributed by atoms with Crippen molar-refractivity contribution in [3.63, 3.8) is 0 Å². The molecule has 0 amide bonds. The summed E-state index contributed by atoms with van der Waals surface area (Å²) < 4.78 is 13.7. The molecule has 5 heteroatoms. The van der Waals surface area contributed by atoms with Gasteiger partial charge in [-0.05, 0) is 45.8 Å². The molecule has 0 atom stereocenters. The van der Waals surface area contributed by atoms with Gasteiger partial charge in [-0.25, -0.2) is 4.39 Å². The van der Waals surface area contributed by atoms with Crippen molar-refractivity contribution in [2.75, 3.05) is 0 Å². The Morgan fingerprint density at radius 1 is 1.16 bits per heavy atom. The standard InChI is InChI=1S/C14H8BrCl2FO/c15-10-5-4-8(6-13(10)18)14(19)7-9-11(16)2-1-3-12(9)17/h1-6H,7H2. The molecule has 19 heavy (non-hydrogen) atoms. The number of halogens is 4. The smallest absolute Gasteiger partial charge is 0.167 e. The summed E-state index contributed by atoms with van der Waals surface area (Å²) >= 11 is 15.0. The summed E-state index contributed by atoms with van der Waals surface area (Å²) in [7, 11) is 0. The van der Waals surface area contributed by atoms with E-state index in [0.717, 1.165) is 0 Å². The van der Waals surface area contributed by atoms with Crippen molar-refractivity contribution >= 4 is 44.9 Å². The summed E-state index contributed by atoms with van der Waals surface area (Å²) in [6, 6.07) is 9.28. The number of benzene rings is 2. The Morgan fingerprint density at radius 3 is 2.37 bits per heavy atom. The van der Waals surface area contributed by atoms with Crippen LogP contribution in [0.5, 0.6) is 0 Å². The molecule has 0 aliphatic heterocycles. The molecule has 2 rings (SSSR count). The second kappa shape index (κ2) is 6.04. The summed E-state index contributed by atoms with van der Waals surface area (Å²) in [4.78, 5) is 12.1. The SMILES string of the molecule is O=C(Cc1c(Cl)cccc1Cl)c1ccc(Br)c(F)c1. The third kappa shape index (κ3) is 3.35. The van der Waals surface area contributed by atoms with Gasteiger partial charge in [0.05, 0.1) is 4.47 Å². The van der Waals surface area contributed by atoms with Crippen LogP contribution < -0.4 is 0 Å². The van der Waals surface area contributed by atoms with Crippen molar-refractivity contribution in [2.24, 2.45) is 0 Å². The Morgan fingerprint density at radius 2 is 1.79 bits per heavy atom. The van der Waals surface area contributed by atoms with Crippen LogP contribution in [-0.4, -0.2) is 5.78 Å². The molecule has 0 aromatic heterocycles. The average molecular weight is 362 g/mol. The van der Waals surface area contributed by atoms with Gasteiger partial charge in [-0.2, -0.15) is 0 Å². The molecular formula is C14H8BrCl2FO. The van der Waals surface area contributed by atoms with E-state index in [1.54, 1.807) is 24.3 Å². The van der Waals surface area contributed by atoms with Gasteiger partial charge >= 0.3 is 0 Å². The predicted octanol–water partition coefficient (Wildman–Crippen LogP) is 5.32. The number of Topliss-reactive ketones (excluding diaryl/α,β-unsaturated/α-hetero) is 1. The Kier molecular flexibility index (Phi) is 4.61. The Hall–Kier alpha value is -0.900. The highest BCUT2D eigenvalue weighted by atomic mass is 79.9. The van der Waals surface area contributed by atoms with Gasteiger partial charge < -0.3 is 0 Å². The van der Waals surface area contributed by atoms with Crippen LogP contribution >= 0.6 is 39.1 Å². The van der Waals surface area contributed by atoms with E-state index in [2.05, 4.69) is 15.9 Å². The number of ketones is 1. The maximum absolute atomic E-state index is 13.4. The number of hydrogen-bond donors (Lipinski definition) is 0. The second-order valence-electron chi connectivity index (χ2n) is 3.93. The van der Waals surface area contributed by atoms with Crippen molar-refractivity contribution in [1.82, 2.24) is 0 Å². The summed E-state index contributed by atoms with van der Waals surface area (Å²) in [5, 5.41) is 0.858. The molecule has 0 saturated carbocycles. The van der Waals surface area contributed by atoms with Crippen LogP contribution in [-0.2, 0) is 6.42 Å². The van der Waals surface area contributed by atoms with E-state index >= 15 is 0 Å². The van der Waals surface area contributed by atoms with Crippen LogP contribution in [0.3, 0.4) is 0 Å². The molecule has 0 saturated heterocycles. The van der Waals surface area contributed by atoms with E-state index in [9.17, 15) is 9.18 Å². The molecule has 2 aromatic rings. The van der Waals surface area contributed by atoms with E-state index in [4.69, 9.17) is 23.2 Å². The van der Waals surface area contributed by atoms with Gasteiger partial charge in [0, 0.05) is 22.0 Å². The third-order valence-corrected chi connectivity index (χ3v) is 3.99. The zero-order chi connectivity index (χ0) is 14.0. The van der Waals surface area contributed by atoms with Crippen molar-refractivity contribution in [1.29, 1.82) is 0 Å². The first-order valence-electron chi connectivity index (χ1n) is 5.40. The van der Waals surface area contributed by atoms with E-state index in [0.29, 0.717) is 20.1 Å². The zero-order valence-electron chi connectivity index (χ0n) is 9.59. The molecule has 0 spiro atoms. The van der Waals surface area contributed by atoms with Gasteiger partial charge in [-0.1, -0.05) is 35.3 Å². The van der Waals surface area contributed by atoms with Gasteiger partial charge in [0.2, 0.25) is 0 Å². The van der Waals surface area contributed by atoms with Crippen molar-refractivity contribution in [3.8, 4) is 0 Å². The highest BCUT2D eigenvalue weighted by Crippen LogP contribution is 2.26. The van der Waals surface area contributed by atoms with Gasteiger partial charge in [0.15, 0.2) is 5.78 Å². The van der Waals surface area contributed by atoms with Gasteiger partial charge in [0.1, 0.15) is 5.82 Å². The number of hydrogen-bond acceptors (Lipinski definition) is 1. The summed E-state index contributed by atoms with van der Waals surface area (Å²) in [5.41, 5.74) is 0.843. The lowest BCUT2D eigenvalue weighted by molar-refractivity contribution is 0.0992. The minimum Gasteiger partial charge on any atom is -0.294 e. The monoisotopic (exact) mass is 360 g/mol. The lowest BCUT2D eigenvalue weighted by atomic mass is 10.0. The quantitative estimate of drug-likeness (QED) is 0.676. The van der Waals surface area contributed by atoms with Crippen molar-refractivity contribution in [2.45, 2.75) is 6.42 Å². The maximum Gasteiger partial charge on any atom is 0.167 e. The molecule has 0 N–H and O–H groups in total. The highest BCUT2D eigenvalue weighted by Gasteiger charge is 2.14. The summed E-state index contributed by atoms with van der Waals surface area (Å²) in [5.74, 6) is -0.711. The fraction of sp³-hybridized carbons (Fsp3) is 0.0714. The number of carbonyl (C=O) groups excluding carboxylic acids is 1. The van der Waals surface area contributed by atoms with Crippen LogP contribution in [0.4, 0.5) is 4.39 Å². The Bertz CT molecular complexity index is 623. The summed E-state index contributed by atoms with van der Waals surface area (Å²) in [6.07, 6.45) is 0.0412. The van der Waals surface area contributed by atoms with E-state index in [1.165, 1.54) is 12.1 Å². The fourth-order valence-electron chi connectivity index (χ4n) is 1.63. The minimum absolute atomic E-state index is 0.0412. The van der Waals surface area contributed by atoms with Crippen LogP contribution in [0, 0.1) is 5.82 Å². The lowest BCUT2D eigenvalue weighted by Crippen LogP contribution is -2.05. The molecule has 1 nitrogen and oxygen atoms in total. The van der Waals surface area contributed by atoms with Gasteiger partial charge in [0.25, 0.3) is 0 Å². The van der Waals surface area contributed by atoms with E-state index < -0.39 is 5.82 Å². The molecule has 0 heterocycles.